The molecule has 24 heavy (non-hydrogen) atoms. The van der Waals surface area contributed by atoms with Gasteiger partial charge in [0.25, 0.3) is 0 Å². The number of nitrogens with zero attached hydrogens (tertiary/aromatic N) is 1. The second kappa shape index (κ2) is 8.63. The Morgan fingerprint density at radius 1 is 1.33 bits per heavy atom. The van der Waals surface area contributed by atoms with Gasteiger partial charge >= 0.3 is 0 Å². The van der Waals surface area contributed by atoms with Crippen LogP contribution in [0.5, 0.6) is 0 Å². The van der Waals surface area contributed by atoms with Gasteiger partial charge in [-0.2, -0.15) is 0 Å². The number of nitrogens with two attached hydrogens (primary N) is 1. The quantitative estimate of drug-likeness (QED) is 0.770. The largest absolute Gasteiger partial charge is 0.353 e. The molecule has 1 fully saturated rings. The molecular formula is C20H33N3O. The molecule has 0 spiro atoms. The van der Waals surface area contributed by atoms with Crippen LogP contribution in [0.2, 0.25) is 0 Å². The van der Waals surface area contributed by atoms with Crippen LogP contribution >= 0.6 is 0 Å². The van der Waals surface area contributed by atoms with E-state index in [1.54, 1.807) is 0 Å². The second-order valence-corrected chi connectivity index (χ2v) is 7.22. The van der Waals surface area contributed by atoms with Gasteiger partial charge in [-0.15, -0.1) is 0 Å². The Bertz CT molecular complexity index is 505. The van der Waals surface area contributed by atoms with Crippen LogP contribution in [0.4, 0.5) is 0 Å². The lowest BCUT2D eigenvalue weighted by Gasteiger charge is -2.32. The molecule has 0 saturated carbocycles. The summed E-state index contributed by atoms with van der Waals surface area (Å²) >= 11 is 0. The number of carbonyl (C=O) groups is 1. The summed E-state index contributed by atoms with van der Waals surface area (Å²) in [5.41, 5.74) is 6.85. The first kappa shape index (κ1) is 18.9. The van der Waals surface area contributed by atoms with Crippen molar-refractivity contribution >= 4 is 5.91 Å². The number of hydrogen-bond donors (Lipinski definition) is 2. The minimum absolute atomic E-state index is 0.129. The number of likely N-dealkylation sites (tertiary alicyclic amines) is 1. The summed E-state index contributed by atoms with van der Waals surface area (Å²) in [5.74, 6) is 0.644. The maximum absolute atomic E-state index is 12.7. The first-order valence-corrected chi connectivity index (χ1v) is 9.32. The molecule has 4 heteroatoms. The predicted molar refractivity (Wildman–Crippen MR) is 99.5 cm³/mol. The molecule has 1 aromatic rings. The Morgan fingerprint density at radius 3 is 2.58 bits per heavy atom. The van der Waals surface area contributed by atoms with Gasteiger partial charge in [0.2, 0.25) is 5.91 Å². The summed E-state index contributed by atoms with van der Waals surface area (Å²) < 4.78 is 0. The van der Waals surface area contributed by atoms with Crippen molar-refractivity contribution in [3.8, 4) is 0 Å². The maximum atomic E-state index is 12.7. The van der Waals surface area contributed by atoms with Gasteiger partial charge in [-0.05, 0) is 44.2 Å². The number of rotatable bonds is 8. The minimum Gasteiger partial charge on any atom is -0.353 e. The molecule has 1 heterocycles. The highest BCUT2D eigenvalue weighted by Crippen LogP contribution is 2.27. The summed E-state index contributed by atoms with van der Waals surface area (Å²) in [7, 11) is 0. The van der Waals surface area contributed by atoms with Gasteiger partial charge in [0.15, 0.2) is 0 Å². The summed E-state index contributed by atoms with van der Waals surface area (Å²) in [5, 5.41) is 3.25. The molecule has 1 saturated heterocycles. The standard InChI is InChI=1S/C20H33N3O/c1-4-20(5-2,15-21)19(24)22-16(3)18-11-12-23(14-18)13-17-9-7-6-8-10-17/h6-10,16,18H,4-5,11-15,21H2,1-3H3,(H,22,24). The number of nitrogens with one attached hydrogen (secondary N) is 1. The fourth-order valence-corrected chi connectivity index (χ4v) is 3.69. The summed E-state index contributed by atoms with van der Waals surface area (Å²) in [4.78, 5) is 15.2. The molecule has 0 radical (unpaired) electrons. The van der Waals surface area contributed by atoms with E-state index < -0.39 is 5.41 Å². The van der Waals surface area contributed by atoms with E-state index in [1.165, 1.54) is 5.56 Å². The van der Waals surface area contributed by atoms with Crippen LogP contribution in [0.3, 0.4) is 0 Å². The van der Waals surface area contributed by atoms with Crippen LogP contribution in [0, 0.1) is 11.3 Å². The Kier molecular flexibility index (Phi) is 6.81. The third kappa shape index (κ3) is 4.37. The van der Waals surface area contributed by atoms with Gasteiger partial charge in [-0.1, -0.05) is 44.2 Å². The van der Waals surface area contributed by atoms with Crippen molar-refractivity contribution in [2.24, 2.45) is 17.1 Å². The Morgan fingerprint density at radius 2 is 2.00 bits per heavy atom. The summed E-state index contributed by atoms with van der Waals surface area (Å²) in [6.07, 6.45) is 2.73. The van der Waals surface area contributed by atoms with Gasteiger partial charge in [-0.25, -0.2) is 0 Å². The normalized spacial score (nSPS) is 20.1. The van der Waals surface area contributed by atoms with E-state index in [-0.39, 0.29) is 11.9 Å². The van der Waals surface area contributed by atoms with Crippen LogP contribution in [0.15, 0.2) is 30.3 Å². The SMILES string of the molecule is CCC(CC)(CN)C(=O)NC(C)C1CCN(Cc2ccccc2)C1. The molecule has 1 amide bonds. The van der Waals surface area contributed by atoms with E-state index in [0.29, 0.717) is 12.5 Å². The molecule has 0 aliphatic carbocycles. The first-order chi connectivity index (χ1) is 11.5. The molecule has 1 aliphatic rings. The molecule has 2 unspecified atom stereocenters. The molecule has 2 rings (SSSR count). The topological polar surface area (TPSA) is 58.4 Å². The molecule has 2 atom stereocenters. The zero-order chi connectivity index (χ0) is 17.6. The van der Waals surface area contributed by atoms with Gasteiger partial charge in [-0.3, -0.25) is 9.69 Å². The van der Waals surface area contributed by atoms with Crippen molar-refractivity contribution in [2.75, 3.05) is 19.6 Å². The average molecular weight is 332 g/mol. The zero-order valence-electron chi connectivity index (χ0n) is 15.4. The van der Waals surface area contributed by atoms with Crippen molar-refractivity contribution in [2.45, 2.75) is 52.6 Å². The van der Waals surface area contributed by atoms with Crippen LogP contribution < -0.4 is 11.1 Å². The number of carbonyl (C=O) groups excluding carboxylic acids is 1. The molecule has 1 aromatic carbocycles. The summed E-state index contributed by atoms with van der Waals surface area (Å²) in [6.45, 7) is 9.81. The molecule has 0 bridgehead atoms. The van der Waals surface area contributed by atoms with Gasteiger partial charge in [0, 0.05) is 25.7 Å². The van der Waals surface area contributed by atoms with Gasteiger partial charge in [0.1, 0.15) is 0 Å². The lowest BCUT2D eigenvalue weighted by Crippen LogP contribution is -2.50. The highest BCUT2D eigenvalue weighted by molar-refractivity contribution is 5.83. The Labute approximate surface area is 146 Å². The molecule has 3 N–H and O–H groups in total. The van der Waals surface area contributed by atoms with Crippen molar-refractivity contribution in [1.82, 2.24) is 10.2 Å². The first-order valence-electron chi connectivity index (χ1n) is 9.32. The second-order valence-electron chi connectivity index (χ2n) is 7.22. The molecule has 134 valence electrons. The van der Waals surface area contributed by atoms with E-state index in [9.17, 15) is 4.79 Å². The van der Waals surface area contributed by atoms with Crippen LogP contribution in [0.1, 0.15) is 45.6 Å². The molecule has 0 aromatic heterocycles. The molecule has 4 nitrogen and oxygen atoms in total. The lowest BCUT2D eigenvalue weighted by atomic mass is 9.81. The van der Waals surface area contributed by atoms with E-state index in [0.717, 1.165) is 38.9 Å². The third-order valence-corrected chi connectivity index (χ3v) is 5.85. The number of benzene rings is 1. The van der Waals surface area contributed by atoms with Gasteiger partial charge in [0.05, 0.1) is 5.41 Å². The van der Waals surface area contributed by atoms with E-state index >= 15 is 0 Å². The van der Waals surface area contributed by atoms with Crippen LogP contribution in [0.25, 0.3) is 0 Å². The number of hydrogen-bond acceptors (Lipinski definition) is 3. The smallest absolute Gasteiger partial charge is 0.227 e. The van der Waals surface area contributed by atoms with E-state index in [1.807, 2.05) is 0 Å². The Hall–Kier alpha value is -1.39. The predicted octanol–water partition coefficient (Wildman–Crippen LogP) is 2.78. The fraction of sp³-hybridized carbons (Fsp3) is 0.650. The van der Waals surface area contributed by atoms with Crippen LogP contribution in [-0.2, 0) is 11.3 Å². The van der Waals surface area contributed by atoms with Crippen molar-refractivity contribution in [1.29, 1.82) is 0 Å². The van der Waals surface area contributed by atoms with Crippen LogP contribution in [-0.4, -0.2) is 36.5 Å². The third-order valence-electron chi connectivity index (χ3n) is 5.85. The molecular weight excluding hydrogens is 298 g/mol. The van der Waals surface area contributed by atoms with E-state index in [2.05, 4.69) is 61.3 Å². The van der Waals surface area contributed by atoms with Crippen molar-refractivity contribution < 1.29 is 4.79 Å². The Balaban J connectivity index is 1.87. The van der Waals surface area contributed by atoms with E-state index in [4.69, 9.17) is 5.73 Å². The maximum Gasteiger partial charge on any atom is 0.227 e. The minimum atomic E-state index is -0.406. The number of amides is 1. The van der Waals surface area contributed by atoms with Gasteiger partial charge < -0.3 is 11.1 Å². The lowest BCUT2D eigenvalue weighted by molar-refractivity contribution is -0.132. The zero-order valence-corrected chi connectivity index (χ0v) is 15.4. The summed E-state index contributed by atoms with van der Waals surface area (Å²) in [6, 6.07) is 10.8. The van der Waals surface area contributed by atoms with Crippen molar-refractivity contribution in [3.63, 3.8) is 0 Å². The highest BCUT2D eigenvalue weighted by Gasteiger charge is 2.36. The fourth-order valence-electron chi connectivity index (χ4n) is 3.69. The highest BCUT2D eigenvalue weighted by atomic mass is 16.2. The molecule has 1 aliphatic heterocycles. The van der Waals surface area contributed by atoms with Crippen molar-refractivity contribution in [3.05, 3.63) is 35.9 Å². The average Bonchev–Trinajstić information content (AvgIpc) is 3.06. The monoisotopic (exact) mass is 331 g/mol.